The van der Waals surface area contributed by atoms with Gasteiger partial charge < -0.3 is 20.1 Å². The third kappa shape index (κ3) is 5.14. The van der Waals surface area contributed by atoms with E-state index in [1.165, 1.54) is 12.1 Å². The van der Waals surface area contributed by atoms with Crippen LogP contribution in [-0.2, 0) is 9.47 Å². The van der Waals surface area contributed by atoms with Crippen LogP contribution >= 0.6 is 11.6 Å². The first-order valence-corrected chi connectivity index (χ1v) is 11.9. The average molecular weight is 485 g/mol. The van der Waals surface area contributed by atoms with Crippen LogP contribution in [0.5, 0.6) is 0 Å². The lowest BCUT2D eigenvalue weighted by Gasteiger charge is -2.24. The highest BCUT2D eigenvalue weighted by Gasteiger charge is 2.30. The molecule has 9 heteroatoms. The number of hydrogen-bond acceptors (Lipinski definition) is 7. The maximum atomic E-state index is 13.7. The van der Waals surface area contributed by atoms with Gasteiger partial charge in [-0.1, -0.05) is 23.7 Å². The number of fused-ring (bicyclic) bond motifs is 1. The Bertz CT molecular complexity index is 1180. The number of anilines is 1. The smallest absolute Gasteiger partial charge is 0.338 e. The molecule has 3 aromatic rings. The number of nitrogens with zero attached hydrogens (tertiary/aromatic N) is 2. The highest BCUT2D eigenvalue weighted by Crippen LogP contribution is 2.33. The van der Waals surface area contributed by atoms with Crippen molar-refractivity contribution in [3.05, 3.63) is 64.6 Å². The van der Waals surface area contributed by atoms with Gasteiger partial charge in [-0.15, -0.1) is 0 Å². The summed E-state index contributed by atoms with van der Waals surface area (Å²) >= 11 is 6.01. The van der Waals surface area contributed by atoms with Crippen molar-refractivity contribution in [1.82, 2.24) is 15.3 Å². The molecule has 0 amide bonds. The molecule has 0 unspecified atom stereocenters. The average Bonchev–Trinajstić information content (AvgIpc) is 3.39. The Labute approximate surface area is 202 Å². The van der Waals surface area contributed by atoms with Gasteiger partial charge in [0.2, 0.25) is 5.95 Å². The number of rotatable bonds is 6. The largest absolute Gasteiger partial charge is 0.454 e. The number of carbonyl (C=O) groups is 1. The second kappa shape index (κ2) is 10.2. The molecule has 0 saturated carbocycles. The Balaban J connectivity index is 1.37. The second-order valence-electron chi connectivity index (χ2n) is 8.75. The first-order chi connectivity index (χ1) is 16.6. The first-order valence-electron chi connectivity index (χ1n) is 11.5. The number of halogens is 2. The van der Waals surface area contributed by atoms with Crippen molar-refractivity contribution in [2.24, 2.45) is 5.92 Å². The fourth-order valence-corrected chi connectivity index (χ4v) is 4.68. The summed E-state index contributed by atoms with van der Waals surface area (Å²) in [5.41, 5.74) is 1.73. The van der Waals surface area contributed by atoms with Gasteiger partial charge in [0.15, 0.2) is 0 Å². The van der Waals surface area contributed by atoms with E-state index in [1.807, 2.05) is 6.07 Å². The summed E-state index contributed by atoms with van der Waals surface area (Å²) in [6.45, 7) is 2.99. The summed E-state index contributed by atoms with van der Waals surface area (Å²) in [6.07, 6.45) is 3.86. The zero-order valence-electron chi connectivity index (χ0n) is 18.6. The molecule has 2 saturated heterocycles. The van der Waals surface area contributed by atoms with E-state index in [9.17, 15) is 9.18 Å². The molecule has 2 fully saturated rings. The van der Waals surface area contributed by atoms with E-state index < -0.39 is 17.9 Å². The van der Waals surface area contributed by atoms with Crippen LogP contribution in [0.2, 0.25) is 5.02 Å². The molecule has 7 nitrogen and oxygen atoms in total. The zero-order valence-corrected chi connectivity index (χ0v) is 19.4. The maximum absolute atomic E-state index is 13.7. The van der Waals surface area contributed by atoms with E-state index in [2.05, 4.69) is 20.6 Å². The molecule has 2 aromatic carbocycles. The predicted octanol–water partition coefficient (Wildman–Crippen LogP) is 4.52. The van der Waals surface area contributed by atoms with Gasteiger partial charge >= 0.3 is 5.97 Å². The third-order valence-electron chi connectivity index (χ3n) is 6.41. The van der Waals surface area contributed by atoms with Crippen molar-refractivity contribution in [2.45, 2.75) is 31.4 Å². The summed E-state index contributed by atoms with van der Waals surface area (Å²) in [4.78, 5) is 22.2. The van der Waals surface area contributed by atoms with E-state index in [0.717, 1.165) is 44.4 Å². The molecule has 178 valence electrons. The van der Waals surface area contributed by atoms with Crippen molar-refractivity contribution in [1.29, 1.82) is 0 Å². The van der Waals surface area contributed by atoms with E-state index in [4.69, 9.17) is 21.1 Å². The standard InChI is InChI=1S/C25H26ClFN4O3/c26-20-11-15(3-4-21(20)27)23(18-5-8-28-13-18)34-24(32)16-1-2-17-14-29-25(31-22(17)12-16)30-19-6-9-33-10-7-19/h1-4,11-12,14,18-19,23,28H,5-10,13H2,(H,29,30,31)/t18-,23+/m1/s1. The molecule has 0 bridgehead atoms. The van der Waals surface area contributed by atoms with E-state index in [0.29, 0.717) is 29.1 Å². The van der Waals surface area contributed by atoms with Crippen LogP contribution < -0.4 is 10.6 Å². The number of carbonyl (C=O) groups excluding carboxylic acids is 1. The molecule has 0 radical (unpaired) electrons. The van der Waals surface area contributed by atoms with Gasteiger partial charge in [0.1, 0.15) is 11.9 Å². The number of hydrogen-bond donors (Lipinski definition) is 2. The van der Waals surface area contributed by atoms with Gasteiger partial charge in [0, 0.05) is 43.3 Å². The molecule has 2 aliphatic heterocycles. The lowest BCUT2D eigenvalue weighted by molar-refractivity contribution is 0.0155. The van der Waals surface area contributed by atoms with Gasteiger partial charge in [0.25, 0.3) is 0 Å². The number of ether oxygens (including phenoxy) is 2. The molecule has 2 aliphatic rings. The highest BCUT2D eigenvalue weighted by molar-refractivity contribution is 6.30. The van der Waals surface area contributed by atoms with Crippen molar-refractivity contribution in [3.8, 4) is 0 Å². The Hall–Kier alpha value is -2.81. The number of aromatic nitrogens is 2. The maximum Gasteiger partial charge on any atom is 0.338 e. The van der Waals surface area contributed by atoms with Crippen molar-refractivity contribution >= 4 is 34.4 Å². The van der Waals surface area contributed by atoms with Gasteiger partial charge in [0.05, 0.1) is 16.1 Å². The van der Waals surface area contributed by atoms with Crippen LogP contribution in [0.1, 0.15) is 41.3 Å². The predicted molar refractivity (Wildman–Crippen MR) is 128 cm³/mol. The van der Waals surface area contributed by atoms with E-state index >= 15 is 0 Å². The van der Waals surface area contributed by atoms with Crippen LogP contribution in [0.15, 0.2) is 42.6 Å². The molecular weight excluding hydrogens is 459 g/mol. The summed E-state index contributed by atoms with van der Waals surface area (Å²) < 4.78 is 25.1. The number of esters is 1. The second-order valence-corrected chi connectivity index (χ2v) is 9.16. The zero-order chi connectivity index (χ0) is 23.5. The highest BCUT2D eigenvalue weighted by atomic mass is 35.5. The van der Waals surface area contributed by atoms with Crippen molar-refractivity contribution in [2.75, 3.05) is 31.6 Å². The Kier molecular flexibility index (Phi) is 6.89. The molecular formula is C25H26ClFN4O3. The number of benzene rings is 2. The topological polar surface area (TPSA) is 85.4 Å². The lowest BCUT2D eigenvalue weighted by Crippen LogP contribution is -2.28. The fourth-order valence-electron chi connectivity index (χ4n) is 4.49. The quantitative estimate of drug-likeness (QED) is 0.497. The van der Waals surface area contributed by atoms with Crippen LogP contribution in [0, 0.1) is 11.7 Å². The Morgan fingerprint density at radius 2 is 2.06 bits per heavy atom. The Morgan fingerprint density at radius 1 is 1.21 bits per heavy atom. The van der Waals surface area contributed by atoms with Gasteiger partial charge in [-0.2, -0.15) is 0 Å². The summed E-state index contributed by atoms with van der Waals surface area (Å²) in [6, 6.07) is 9.97. The van der Waals surface area contributed by atoms with Crippen LogP contribution in [0.4, 0.5) is 10.3 Å². The minimum atomic E-state index is -0.535. The van der Waals surface area contributed by atoms with Gasteiger partial charge in [-0.05, 0) is 55.6 Å². The molecule has 1 aromatic heterocycles. The minimum Gasteiger partial charge on any atom is -0.454 e. The van der Waals surface area contributed by atoms with Crippen LogP contribution in [0.25, 0.3) is 10.9 Å². The number of nitrogens with one attached hydrogen (secondary N) is 2. The molecule has 2 N–H and O–H groups in total. The van der Waals surface area contributed by atoms with E-state index in [-0.39, 0.29) is 17.0 Å². The summed E-state index contributed by atoms with van der Waals surface area (Å²) in [7, 11) is 0. The lowest BCUT2D eigenvalue weighted by atomic mass is 9.94. The van der Waals surface area contributed by atoms with Gasteiger partial charge in [-0.25, -0.2) is 19.2 Å². The SMILES string of the molecule is O=C(O[C@@H](c1ccc(F)c(Cl)c1)[C@@H]1CCNC1)c1ccc2cnc(NC3CCOCC3)nc2c1. The van der Waals surface area contributed by atoms with Gasteiger partial charge in [-0.3, -0.25) is 0 Å². The fraction of sp³-hybridized carbons (Fsp3) is 0.400. The summed E-state index contributed by atoms with van der Waals surface area (Å²) in [5.74, 6) is -0.361. The first kappa shape index (κ1) is 23.0. The van der Waals surface area contributed by atoms with E-state index in [1.54, 1.807) is 24.4 Å². The van der Waals surface area contributed by atoms with Crippen molar-refractivity contribution in [3.63, 3.8) is 0 Å². The monoisotopic (exact) mass is 484 g/mol. The normalized spacial score (nSPS) is 19.8. The molecule has 2 atom stereocenters. The summed E-state index contributed by atoms with van der Waals surface area (Å²) in [5, 5.41) is 7.49. The minimum absolute atomic E-state index is 0.0106. The molecule has 5 rings (SSSR count). The van der Waals surface area contributed by atoms with Crippen LogP contribution in [-0.4, -0.2) is 48.3 Å². The molecule has 0 spiro atoms. The Morgan fingerprint density at radius 3 is 2.82 bits per heavy atom. The third-order valence-corrected chi connectivity index (χ3v) is 6.70. The molecule has 3 heterocycles. The van der Waals surface area contributed by atoms with Crippen molar-refractivity contribution < 1.29 is 18.7 Å². The molecule has 0 aliphatic carbocycles. The molecule has 34 heavy (non-hydrogen) atoms. The van der Waals surface area contributed by atoms with Crippen LogP contribution in [0.3, 0.4) is 0 Å².